The van der Waals surface area contributed by atoms with Gasteiger partial charge in [0.25, 0.3) is 0 Å². The first kappa shape index (κ1) is 16.2. The lowest BCUT2D eigenvalue weighted by molar-refractivity contribution is -0.153. The van der Waals surface area contributed by atoms with Crippen molar-refractivity contribution < 1.29 is 14.3 Å². The van der Waals surface area contributed by atoms with Gasteiger partial charge in [0.1, 0.15) is 4.87 Å². The van der Waals surface area contributed by atoms with Crippen LogP contribution in [0.5, 0.6) is 0 Å². The van der Waals surface area contributed by atoms with Crippen LogP contribution in [0.25, 0.3) is 0 Å². The Kier molecular flexibility index (Phi) is 5.34. The van der Waals surface area contributed by atoms with Crippen LogP contribution in [0.1, 0.15) is 24.5 Å². The fourth-order valence-corrected chi connectivity index (χ4v) is 2.65. The monoisotopic (exact) mass is 316 g/mol. The maximum Gasteiger partial charge on any atom is 0.374 e. The first-order valence-electron chi connectivity index (χ1n) is 7.08. The van der Waals surface area contributed by atoms with Gasteiger partial charge >= 0.3 is 5.97 Å². The van der Waals surface area contributed by atoms with Gasteiger partial charge in [0.15, 0.2) is 0 Å². The molecule has 114 valence electrons. The summed E-state index contributed by atoms with van der Waals surface area (Å²) in [5, 5.41) is 0. The maximum atomic E-state index is 12.1. The molecule has 0 unspecified atom stereocenters. The van der Waals surface area contributed by atoms with Crippen molar-refractivity contribution in [3.05, 3.63) is 71.8 Å². The highest BCUT2D eigenvalue weighted by Crippen LogP contribution is 2.40. The van der Waals surface area contributed by atoms with E-state index in [1.54, 1.807) is 6.92 Å². The van der Waals surface area contributed by atoms with Crippen LogP contribution in [-0.4, -0.2) is 18.4 Å². The molecule has 2 rings (SSSR count). The summed E-state index contributed by atoms with van der Waals surface area (Å²) in [4.78, 5) is 22.7. The summed E-state index contributed by atoms with van der Waals surface area (Å²) in [5.74, 6) is -1.48. The summed E-state index contributed by atoms with van der Waals surface area (Å²) in [7, 11) is 0. The van der Waals surface area contributed by atoms with Crippen LogP contribution in [0.2, 0.25) is 0 Å². The molecule has 2 aromatic carbocycles. The minimum Gasteiger partial charge on any atom is -0.460 e. The molecule has 0 radical (unpaired) electrons. The molecule has 0 heterocycles. The predicted octanol–water partition coefficient (Wildman–Crippen LogP) is 3.69. The third kappa shape index (κ3) is 3.55. The number of carbonyl (C=O) groups excluding carboxylic acids is 2. The Morgan fingerprint density at radius 2 is 1.41 bits per heavy atom. The lowest BCUT2D eigenvalue weighted by Gasteiger charge is -2.27. The van der Waals surface area contributed by atoms with E-state index in [2.05, 4.69) is 0 Å². The molecule has 0 aliphatic rings. The van der Waals surface area contributed by atoms with E-state index >= 15 is 0 Å². The zero-order valence-electron chi connectivity index (χ0n) is 12.3. The molecule has 22 heavy (non-hydrogen) atoms. The number of ether oxygens (including phenoxy) is 1. The predicted molar refractivity (Wildman–Crippen MR) is 85.8 cm³/mol. The van der Waals surface area contributed by atoms with Gasteiger partial charge in [0.2, 0.25) is 5.78 Å². The SMILES string of the molecule is CCOC(=O)C(=O)CC(Cl)(c1ccccc1)c1ccccc1. The second kappa shape index (κ2) is 7.23. The largest absolute Gasteiger partial charge is 0.460 e. The van der Waals surface area contributed by atoms with E-state index in [1.807, 2.05) is 60.7 Å². The molecular weight excluding hydrogens is 300 g/mol. The second-order valence-corrected chi connectivity index (χ2v) is 5.50. The highest BCUT2D eigenvalue weighted by atomic mass is 35.5. The van der Waals surface area contributed by atoms with Gasteiger partial charge in [-0.05, 0) is 18.1 Å². The van der Waals surface area contributed by atoms with Crippen LogP contribution in [-0.2, 0) is 19.2 Å². The molecule has 0 saturated heterocycles. The summed E-state index contributed by atoms with van der Waals surface area (Å²) in [6.07, 6.45) is -0.151. The van der Waals surface area contributed by atoms with Crippen molar-refractivity contribution in [1.82, 2.24) is 0 Å². The highest BCUT2D eigenvalue weighted by molar-refractivity contribution is 6.37. The Morgan fingerprint density at radius 3 is 1.82 bits per heavy atom. The van der Waals surface area contributed by atoms with Gasteiger partial charge in [-0.3, -0.25) is 4.79 Å². The molecule has 2 aromatic rings. The van der Waals surface area contributed by atoms with Crippen molar-refractivity contribution in [2.24, 2.45) is 0 Å². The number of ketones is 1. The summed E-state index contributed by atoms with van der Waals surface area (Å²) in [6, 6.07) is 18.5. The van der Waals surface area contributed by atoms with E-state index in [1.165, 1.54) is 0 Å². The van der Waals surface area contributed by atoms with Gasteiger partial charge in [-0.1, -0.05) is 60.7 Å². The number of hydrogen-bond donors (Lipinski definition) is 0. The first-order chi connectivity index (χ1) is 10.6. The van der Waals surface area contributed by atoms with Crippen LogP contribution in [0, 0.1) is 0 Å². The third-order valence-corrected chi connectivity index (χ3v) is 3.94. The summed E-state index contributed by atoms with van der Waals surface area (Å²) >= 11 is 6.80. The van der Waals surface area contributed by atoms with Crippen molar-refractivity contribution in [1.29, 1.82) is 0 Å². The van der Waals surface area contributed by atoms with E-state index in [0.29, 0.717) is 0 Å². The molecule has 0 saturated carbocycles. The molecule has 0 amide bonds. The molecule has 0 aromatic heterocycles. The van der Waals surface area contributed by atoms with Gasteiger partial charge in [-0.25, -0.2) is 4.79 Å². The number of halogens is 1. The Balaban J connectivity index is 2.39. The molecule has 0 bridgehead atoms. The van der Waals surface area contributed by atoms with Crippen molar-refractivity contribution in [3.63, 3.8) is 0 Å². The fraction of sp³-hybridized carbons (Fsp3) is 0.222. The number of hydrogen-bond acceptors (Lipinski definition) is 3. The number of esters is 1. The molecular formula is C18H17ClO3. The van der Waals surface area contributed by atoms with Gasteiger partial charge in [-0.15, -0.1) is 11.6 Å². The van der Waals surface area contributed by atoms with Gasteiger partial charge in [0.05, 0.1) is 6.61 Å². The van der Waals surface area contributed by atoms with E-state index in [0.717, 1.165) is 11.1 Å². The maximum absolute atomic E-state index is 12.1. The fourth-order valence-electron chi connectivity index (χ4n) is 2.28. The normalized spacial score (nSPS) is 11.0. The zero-order valence-corrected chi connectivity index (χ0v) is 13.0. The van der Waals surface area contributed by atoms with Crippen molar-refractivity contribution >= 4 is 23.4 Å². The van der Waals surface area contributed by atoms with E-state index in [9.17, 15) is 9.59 Å². The number of carbonyl (C=O) groups is 2. The van der Waals surface area contributed by atoms with Crippen LogP contribution in [0.4, 0.5) is 0 Å². The summed E-state index contributed by atoms with van der Waals surface area (Å²) < 4.78 is 4.77. The van der Waals surface area contributed by atoms with E-state index in [-0.39, 0.29) is 13.0 Å². The quantitative estimate of drug-likeness (QED) is 0.464. The Hall–Kier alpha value is -2.13. The van der Waals surface area contributed by atoms with E-state index < -0.39 is 16.6 Å². The molecule has 0 N–H and O–H groups in total. The van der Waals surface area contributed by atoms with Crippen molar-refractivity contribution in [2.75, 3.05) is 6.61 Å². The first-order valence-corrected chi connectivity index (χ1v) is 7.45. The molecule has 0 atom stereocenters. The minimum absolute atomic E-state index is 0.151. The smallest absolute Gasteiger partial charge is 0.374 e. The van der Waals surface area contributed by atoms with E-state index in [4.69, 9.17) is 16.3 Å². The third-order valence-electron chi connectivity index (χ3n) is 3.37. The average Bonchev–Trinajstić information content (AvgIpc) is 2.56. The molecule has 0 aliphatic heterocycles. The number of rotatable bonds is 6. The number of benzene rings is 2. The number of Topliss-reactive ketones (excluding diaryl/α,β-unsaturated/α-hetero) is 1. The lowest BCUT2D eigenvalue weighted by Crippen LogP contribution is -2.29. The second-order valence-electron chi connectivity index (χ2n) is 4.85. The van der Waals surface area contributed by atoms with Crippen LogP contribution in [0.3, 0.4) is 0 Å². The minimum atomic E-state index is -1.09. The Bertz CT molecular complexity index is 598. The standard InChI is InChI=1S/C18H17ClO3/c1-2-22-17(21)16(20)13-18(19,14-9-5-3-6-10-14)15-11-7-4-8-12-15/h3-12H,2,13H2,1H3. The molecule has 4 heteroatoms. The number of alkyl halides is 1. The highest BCUT2D eigenvalue weighted by Gasteiger charge is 2.36. The average molecular weight is 317 g/mol. The molecule has 3 nitrogen and oxygen atoms in total. The summed E-state index contributed by atoms with van der Waals surface area (Å²) in [6.45, 7) is 1.82. The van der Waals surface area contributed by atoms with Crippen LogP contribution >= 0.6 is 11.6 Å². The molecule has 0 spiro atoms. The topological polar surface area (TPSA) is 43.4 Å². The Morgan fingerprint density at radius 1 is 0.955 bits per heavy atom. The van der Waals surface area contributed by atoms with Gasteiger partial charge in [0, 0.05) is 6.42 Å². The zero-order chi connectivity index (χ0) is 16.0. The summed E-state index contributed by atoms with van der Waals surface area (Å²) in [5.41, 5.74) is 1.53. The van der Waals surface area contributed by atoms with Crippen LogP contribution in [0.15, 0.2) is 60.7 Å². The Labute approximate surface area is 134 Å². The lowest BCUT2D eigenvalue weighted by atomic mass is 9.86. The van der Waals surface area contributed by atoms with Gasteiger partial charge in [-0.2, -0.15) is 0 Å². The molecule has 0 fully saturated rings. The van der Waals surface area contributed by atoms with Gasteiger partial charge < -0.3 is 4.74 Å². The van der Waals surface area contributed by atoms with Crippen molar-refractivity contribution in [3.8, 4) is 0 Å². The van der Waals surface area contributed by atoms with Crippen molar-refractivity contribution in [2.45, 2.75) is 18.2 Å². The van der Waals surface area contributed by atoms with Crippen LogP contribution < -0.4 is 0 Å². The molecule has 0 aliphatic carbocycles.